The predicted molar refractivity (Wildman–Crippen MR) is 66.2 cm³/mol. The number of rotatable bonds is 4. The number of carbonyl (C=O) groups excluding carboxylic acids is 1. The van der Waals surface area contributed by atoms with Crippen molar-refractivity contribution in [1.82, 2.24) is 0 Å². The quantitative estimate of drug-likeness (QED) is 0.679. The SMILES string of the molecule is CCC1(OC(=O)C(C)C(C)C)CCCCC1. The number of carbonyl (C=O) groups is 1. The Kier molecular flexibility index (Phi) is 4.82. The number of esters is 1. The first kappa shape index (κ1) is 13.5. The fourth-order valence-electron chi connectivity index (χ4n) is 2.30. The summed E-state index contributed by atoms with van der Waals surface area (Å²) >= 11 is 0. The van der Waals surface area contributed by atoms with Crippen LogP contribution in [0, 0.1) is 11.8 Å². The summed E-state index contributed by atoms with van der Waals surface area (Å²) in [5.74, 6) is 0.383. The number of hydrogen-bond donors (Lipinski definition) is 0. The van der Waals surface area contributed by atoms with E-state index in [-0.39, 0.29) is 17.5 Å². The van der Waals surface area contributed by atoms with Crippen molar-refractivity contribution in [2.75, 3.05) is 0 Å². The summed E-state index contributed by atoms with van der Waals surface area (Å²) in [4.78, 5) is 12.0. The molecule has 0 N–H and O–H groups in total. The van der Waals surface area contributed by atoms with Crippen LogP contribution in [0.2, 0.25) is 0 Å². The molecule has 0 radical (unpaired) electrons. The van der Waals surface area contributed by atoms with Crippen LogP contribution in [0.3, 0.4) is 0 Å². The van der Waals surface area contributed by atoms with Gasteiger partial charge in [-0.15, -0.1) is 0 Å². The highest BCUT2D eigenvalue weighted by Crippen LogP contribution is 2.35. The van der Waals surface area contributed by atoms with Crippen LogP contribution in [0.1, 0.15) is 66.2 Å². The van der Waals surface area contributed by atoms with Gasteiger partial charge in [0.1, 0.15) is 5.60 Å². The third-order valence-corrected chi connectivity index (χ3v) is 4.10. The second kappa shape index (κ2) is 5.70. The zero-order chi connectivity index (χ0) is 12.2. The predicted octanol–water partition coefficient (Wildman–Crippen LogP) is 3.93. The zero-order valence-electron chi connectivity index (χ0n) is 11.2. The van der Waals surface area contributed by atoms with E-state index in [1.54, 1.807) is 0 Å². The van der Waals surface area contributed by atoms with Crippen LogP contribution >= 0.6 is 0 Å². The standard InChI is InChI=1S/C14H26O2/c1-5-14(9-7-6-8-10-14)16-13(15)12(4)11(2)3/h11-12H,5-10H2,1-4H3. The van der Waals surface area contributed by atoms with Gasteiger partial charge in [-0.3, -0.25) is 4.79 Å². The van der Waals surface area contributed by atoms with Gasteiger partial charge in [-0.05, 0) is 38.0 Å². The van der Waals surface area contributed by atoms with E-state index in [4.69, 9.17) is 4.74 Å². The molecule has 1 rings (SSSR count). The van der Waals surface area contributed by atoms with E-state index < -0.39 is 0 Å². The molecular weight excluding hydrogens is 200 g/mol. The Morgan fingerprint density at radius 3 is 2.19 bits per heavy atom. The molecule has 0 bridgehead atoms. The first-order chi connectivity index (χ1) is 7.51. The lowest BCUT2D eigenvalue weighted by Gasteiger charge is -2.37. The Morgan fingerprint density at radius 2 is 1.75 bits per heavy atom. The molecule has 0 saturated heterocycles. The average molecular weight is 226 g/mol. The largest absolute Gasteiger partial charge is 0.459 e. The van der Waals surface area contributed by atoms with Crippen LogP contribution in [-0.4, -0.2) is 11.6 Å². The van der Waals surface area contributed by atoms with Gasteiger partial charge in [0.2, 0.25) is 0 Å². The first-order valence-electron chi connectivity index (χ1n) is 6.73. The molecule has 0 aromatic rings. The van der Waals surface area contributed by atoms with Crippen molar-refractivity contribution in [1.29, 1.82) is 0 Å². The van der Waals surface area contributed by atoms with Crippen LogP contribution in [0.15, 0.2) is 0 Å². The minimum Gasteiger partial charge on any atom is -0.459 e. The van der Waals surface area contributed by atoms with Crippen molar-refractivity contribution in [2.24, 2.45) is 11.8 Å². The van der Waals surface area contributed by atoms with Gasteiger partial charge < -0.3 is 4.74 Å². The molecule has 16 heavy (non-hydrogen) atoms. The van der Waals surface area contributed by atoms with E-state index in [0.717, 1.165) is 19.3 Å². The molecule has 0 heterocycles. The molecule has 0 amide bonds. The van der Waals surface area contributed by atoms with Gasteiger partial charge in [0.15, 0.2) is 0 Å². The lowest BCUT2D eigenvalue weighted by Crippen LogP contribution is -2.38. The van der Waals surface area contributed by atoms with Crippen molar-refractivity contribution >= 4 is 5.97 Å². The lowest BCUT2D eigenvalue weighted by atomic mass is 9.82. The fraction of sp³-hybridized carbons (Fsp3) is 0.929. The Hall–Kier alpha value is -0.530. The fourth-order valence-corrected chi connectivity index (χ4v) is 2.30. The molecule has 0 aromatic heterocycles. The third-order valence-electron chi connectivity index (χ3n) is 4.10. The van der Waals surface area contributed by atoms with E-state index in [1.165, 1.54) is 19.3 Å². The molecule has 1 atom stereocenters. The van der Waals surface area contributed by atoms with Crippen LogP contribution in [0.25, 0.3) is 0 Å². The van der Waals surface area contributed by atoms with E-state index >= 15 is 0 Å². The monoisotopic (exact) mass is 226 g/mol. The van der Waals surface area contributed by atoms with Crippen molar-refractivity contribution in [3.05, 3.63) is 0 Å². The van der Waals surface area contributed by atoms with Crippen molar-refractivity contribution in [3.63, 3.8) is 0 Å². The molecule has 2 heteroatoms. The van der Waals surface area contributed by atoms with Gasteiger partial charge in [0, 0.05) is 0 Å². The minimum atomic E-state index is -0.140. The minimum absolute atomic E-state index is 0.00116. The third kappa shape index (κ3) is 3.23. The molecule has 0 aliphatic heterocycles. The average Bonchev–Trinajstić information content (AvgIpc) is 2.29. The van der Waals surface area contributed by atoms with Crippen molar-refractivity contribution < 1.29 is 9.53 Å². The van der Waals surface area contributed by atoms with Crippen molar-refractivity contribution in [3.8, 4) is 0 Å². The molecule has 1 unspecified atom stereocenters. The van der Waals surface area contributed by atoms with E-state index in [1.807, 2.05) is 6.92 Å². The summed E-state index contributed by atoms with van der Waals surface area (Å²) in [5.41, 5.74) is -0.140. The smallest absolute Gasteiger partial charge is 0.309 e. The second-order valence-corrected chi connectivity index (χ2v) is 5.55. The molecule has 2 nitrogen and oxygen atoms in total. The topological polar surface area (TPSA) is 26.3 Å². The Bertz CT molecular complexity index is 227. The summed E-state index contributed by atoms with van der Waals surface area (Å²) in [6.07, 6.45) is 6.77. The normalized spacial score (nSPS) is 21.8. The highest BCUT2D eigenvalue weighted by molar-refractivity contribution is 5.72. The first-order valence-corrected chi connectivity index (χ1v) is 6.73. The summed E-state index contributed by atoms with van der Waals surface area (Å²) in [6, 6.07) is 0. The maximum atomic E-state index is 12.0. The molecule has 1 aliphatic rings. The van der Waals surface area contributed by atoms with Crippen LogP contribution < -0.4 is 0 Å². The molecule has 0 spiro atoms. The zero-order valence-corrected chi connectivity index (χ0v) is 11.2. The van der Waals surface area contributed by atoms with Gasteiger partial charge >= 0.3 is 5.97 Å². The van der Waals surface area contributed by atoms with Gasteiger partial charge in [0.25, 0.3) is 0 Å². The highest BCUT2D eigenvalue weighted by atomic mass is 16.6. The van der Waals surface area contributed by atoms with E-state index in [2.05, 4.69) is 20.8 Å². The Morgan fingerprint density at radius 1 is 1.19 bits per heavy atom. The number of hydrogen-bond acceptors (Lipinski definition) is 2. The molecule has 1 fully saturated rings. The molecular formula is C14H26O2. The van der Waals surface area contributed by atoms with Gasteiger partial charge in [-0.1, -0.05) is 34.1 Å². The summed E-state index contributed by atoms with van der Waals surface area (Å²) in [5, 5.41) is 0. The maximum Gasteiger partial charge on any atom is 0.309 e. The molecule has 1 aliphatic carbocycles. The molecule has 94 valence electrons. The highest BCUT2D eigenvalue weighted by Gasteiger charge is 2.35. The molecule has 1 saturated carbocycles. The van der Waals surface area contributed by atoms with Gasteiger partial charge in [-0.2, -0.15) is 0 Å². The molecule has 0 aromatic carbocycles. The Labute approximate surface area is 99.8 Å². The summed E-state index contributed by atoms with van der Waals surface area (Å²) in [6.45, 7) is 8.26. The van der Waals surface area contributed by atoms with Crippen LogP contribution in [-0.2, 0) is 9.53 Å². The van der Waals surface area contributed by atoms with Crippen LogP contribution in [0.5, 0.6) is 0 Å². The van der Waals surface area contributed by atoms with Crippen LogP contribution in [0.4, 0.5) is 0 Å². The lowest BCUT2D eigenvalue weighted by molar-refractivity contribution is -0.169. The summed E-state index contributed by atoms with van der Waals surface area (Å²) < 4.78 is 5.81. The summed E-state index contributed by atoms with van der Waals surface area (Å²) in [7, 11) is 0. The maximum absolute atomic E-state index is 12.0. The number of ether oxygens (including phenoxy) is 1. The second-order valence-electron chi connectivity index (χ2n) is 5.55. The van der Waals surface area contributed by atoms with Crippen molar-refractivity contribution in [2.45, 2.75) is 71.8 Å². The van der Waals surface area contributed by atoms with E-state index in [0.29, 0.717) is 5.92 Å². The van der Waals surface area contributed by atoms with E-state index in [9.17, 15) is 4.79 Å². The van der Waals surface area contributed by atoms with Gasteiger partial charge in [0.05, 0.1) is 5.92 Å². The van der Waals surface area contributed by atoms with Gasteiger partial charge in [-0.25, -0.2) is 0 Å². The Balaban J connectivity index is 2.58.